The SMILES string of the molecule is CNc1ccc(-c2noc([C@@H]3CCCN3Cc3ccc([N+](=O)[O-])cc3)n2)cn1. The number of anilines is 1. The second kappa shape index (κ2) is 7.73. The third-order valence-corrected chi connectivity index (χ3v) is 4.90. The van der Waals surface area contributed by atoms with E-state index in [9.17, 15) is 10.1 Å². The Labute approximate surface area is 161 Å². The van der Waals surface area contributed by atoms with E-state index < -0.39 is 0 Å². The molecular weight excluding hydrogens is 360 g/mol. The zero-order valence-electron chi connectivity index (χ0n) is 15.4. The van der Waals surface area contributed by atoms with Crippen LogP contribution in [-0.4, -0.2) is 38.5 Å². The number of non-ortho nitro benzene ring substituents is 1. The van der Waals surface area contributed by atoms with Crippen LogP contribution in [0.4, 0.5) is 11.5 Å². The standard InChI is InChI=1S/C19H20N6O3/c1-20-17-9-6-14(11-21-17)18-22-19(28-23-18)16-3-2-10-24(16)12-13-4-7-15(8-5-13)25(26)27/h4-9,11,16H,2-3,10,12H2,1H3,(H,20,21)/t16-/m0/s1. The van der Waals surface area contributed by atoms with E-state index in [-0.39, 0.29) is 16.7 Å². The predicted molar refractivity (Wildman–Crippen MR) is 103 cm³/mol. The summed E-state index contributed by atoms with van der Waals surface area (Å²) in [5, 5.41) is 17.9. The van der Waals surface area contributed by atoms with Gasteiger partial charge < -0.3 is 9.84 Å². The van der Waals surface area contributed by atoms with E-state index in [0.717, 1.165) is 36.3 Å². The monoisotopic (exact) mass is 380 g/mol. The molecule has 1 aliphatic heterocycles. The number of hydrogen-bond donors (Lipinski definition) is 1. The molecule has 0 unspecified atom stereocenters. The van der Waals surface area contributed by atoms with E-state index in [1.807, 2.05) is 19.2 Å². The average Bonchev–Trinajstić information content (AvgIpc) is 3.38. The second-order valence-corrected chi connectivity index (χ2v) is 6.69. The van der Waals surface area contributed by atoms with Gasteiger partial charge in [-0.2, -0.15) is 4.98 Å². The van der Waals surface area contributed by atoms with E-state index in [2.05, 4.69) is 25.3 Å². The minimum absolute atomic E-state index is 0.0426. The number of likely N-dealkylation sites (tertiary alicyclic amines) is 1. The molecule has 1 N–H and O–H groups in total. The van der Waals surface area contributed by atoms with Crippen LogP contribution in [0.2, 0.25) is 0 Å². The quantitative estimate of drug-likeness (QED) is 0.512. The lowest BCUT2D eigenvalue weighted by molar-refractivity contribution is -0.384. The van der Waals surface area contributed by atoms with Crippen molar-refractivity contribution in [2.45, 2.75) is 25.4 Å². The van der Waals surface area contributed by atoms with Crippen LogP contribution in [0.3, 0.4) is 0 Å². The number of aromatic nitrogens is 3. The third-order valence-electron chi connectivity index (χ3n) is 4.90. The Hall–Kier alpha value is -3.33. The van der Waals surface area contributed by atoms with Gasteiger partial charge in [-0.3, -0.25) is 15.0 Å². The fraction of sp³-hybridized carbons (Fsp3) is 0.316. The fourth-order valence-corrected chi connectivity index (χ4v) is 3.41. The highest BCUT2D eigenvalue weighted by Crippen LogP contribution is 2.33. The normalized spacial score (nSPS) is 17.0. The second-order valence-electron chi connectivity index (χ2n) is 6.69. The topological polar surface area (TPSA) is 110 Å². The lowest BCUT2D eigenvalue weighted by Gasteiger charge is -2.21. The van der Waals surface area contributed by atoms with Crippen LogP contribution < -0.4 is 5.32 Å². The first-order valence-electron chi connectivity index (χ1n) is 9.09. The van der Waals surface area contributed by atoms with Crippen molar-refractivity contribution in [1.82, 2.24) is 20.0 Å². The lowest BCUT2D eigenvalue weighted by Crippen LogP contribution is -2.23. The maximum Gasteiger partial charge on any atom is 0.269 e. The Morgan fingerprint density at radius 2 is 2.11 bits per heavy atom. The maximum atomic E-state index is 10.8. The van der Waals surface area contributed by atoms with Gasteiger partial charge in [0, 0.05) is 37.5 Å². The van der Waals surface area contributed by atoms with Crippen LogP contribution in [0, 0.1) is 10.1 Å². The average molecular weight is 380 g/mol. The van der Waals surface area contributed by atoms with Crippen molar-refractivity contribution >= 4 is 11.5 Å². The van der Waals surface area contributed by atoms with E-state index >= 15 is 0 Å². The van der Waals surface area contributed by atoms with Crippen molar-refractivity contribution in [3.63, 3.8) is 0 Å². The first kappa shape index (κ1) is 18.1. The summed E-state index contributed by atoms with van der Waals surface area (Å²) in [6, 6.07) is 10.5. The summed E-state index contributed by atoms with van der Waals surface area (Å²) in [6.07, 6.45) is 3.68. The number of nitro groups is 1. The number of benzene rings is 1. The molecule has 28 heavy (non-hydrogen) atoms. The van der Waals surface area contributed by atoms with Crippen molar-refractivity contribution < 1.29 is 9.45 Å². The van der Waals surface area contributed by atoms with Crippen molar-refractivity contribution in [3.05, 3.63) is 64.2 Å². The Morgan fingerprint density at radius 3 is 2.79 bits per heavy atom. The molecule has 9 nitrogen and oxygen atoms in total. The molecule has 1 atom stereocenters. The molecule has 0 bridgehead atoms. The van der Waals surface area contributed by atoms with Crippen molar-refractivity contribution in [2.24, 2.45) is 0 Å². The number of nitro benzene ring substituents is 1. The van der Waals surface area contributed by atoms with Crippen LogP contribution in [0.25, 0.3) is 11.4 Å². The van der Waals surface area contributed by atoms with E-state index in [4.69, 9.17) is 4.52 Å². The summed E-state index contributed by atoms with van der Waals surface area (Å²) in [5.74, 6) is 1.89. The summed E-state index contributed by atoms with van der Waals surface area (Å²) in [7, 11) is 1.81. The van der Waals surface area contributed by atoms with Gasteiger partial charge in [0.2, 0.25) is 11.7 Å². The highest BCUT2D eigenvalue weighted by atomic mass is 16.6. The molecule has 4 rings (SSSR count). The van der Waals surface area contributed by atoms with Gasteiger partial charge in [-0.1, -0.05) is 17.3 Å². The van der Waals surface area contributed by atoms with Gasteiger partial charge in [-0.25, -0.2) is 4.98 Å². The molecule has 1 aromatic carbocycles. The Balaban J connectivity index is 1.48. The van der Waals surface area contributed by atoms with Crippen LogP contribution in [0.5, 0.6) is 0 Å². The van der Waals surface area contributed by atoms with Crippen LogP contribution >= 0.6 is 0 Å². The molecule has 144 valence electrons. The number of nitrogens with one attached hydrogen (secondary N) is 1. The molecule has 0 amide bonds. The highest BCUT2D eigenvalue weighted by molar-refractivity contribution is 5.55. The molecule has 0 saturated carbocycles. The van der Waals surface area contributed by atoms with E-state index in [0.29, 0.717) is 18.3 Å². The summed E-state index contributed by atoms with van der Waals surface area (Å²) in [4.78, 5) is 21.5. The van der Waals surface area contributed by atoms with Gasteiger partial charge >= 0.3 is 0 Å². The molecule has 1 fully saturated rings. The maximum absolute atomic E-state index is 10.8. The first-order valence-corrected chi connectivity index (χ1v) is 9.09. The number of rotatable bonds is 6. The molecule has 0 radical (unpaired) electrons. The highest BCUT2D eigenvalue weighted by Gasteiger charge is 2.31. The summed E-state index contributed by atoms with van der Waals surface area (Å²) in [6.45, 7) is 1.59. The molecule has 1 saturated heterocycles. The Morgan fingerprint density at radius 1 is 1.29 bits per heavy atom. The minimum Gasteiger partial charge on any atom is -0.373 e. The minimum atomic E-state index is -0.389. The molecule has 2 aromatic heterocycles. The zero-order valence-corrected chi connectivity index (χ0v) is 15.4. The van der Waals surface area contributed by atoms with Gasteiger partial charge in [0.15, 0.2) is 0 Å². The van der Waals surface area contributed by atoms with Gasteiger partial charge in [-0.05, 0) is 37.1 Å². The number of pyridine rings is 1. The van der Waals surface area contributed by atoms with Crippen molar-refractivity contribution in [3.8, 4) is 11.4 Å². The zero-order chi connectivity index (χ0) is 19.5. The molecule has 3 aromatic rings. The Bertz CT molecular complexity index is 955. The lowest BCUT2D eigenvalue weighted by atomic mass is 10.1. The van der Waals surface area contributed by atoms with Crippen molar-refractivity contribution in [2.75, 3.05) is 18.9 Å². The van der Waals surface area contributed by atoms with Gasteiger partial charge in [0.25, 0.3) is 5.69 Å². The van der Waals surface area contributed by atoms with E-state index in [1.165, 1.54) is 12.1 Å². The summed E-state index contributed by atoms with van der Waals surface area (Å²) >= 11 is 0. The number of nitrogens with zero attached hydrogens (tertiary/aromatic N) is 5. The van der Waals surface area contributed by atoms with Gasteiger partial charge in [0.1, 0.15) is 5.82 Å². The van der Waals surface area contributed by atoms with Crippen molar-refractivity contribution in [1.29, 1.82) is 0 Å². The molecular formula is C19H20N6O3. The summed E-state index contributed by atoms with van der Waals surface area (Å²) < 4.78 is 5.54. The van der Waals surface area contributed by atoms with Crippen LogP contribution in [0.1, 0.15) is 30.3 Å². The molecule has 3 heterocycles. The first-order chi connectivity index (χ1) is 13.6. The number of hydrogen-bond acceptors (Lipinski definition) is 8. The fourth-order valence-electron chi connectivity index (χ4n) is 3.41. The predicted octanol–water partition coefficient (Wildman–Crippen LogP) is 3.42. The van der Waals surface area contributed by atoms with Crippen LogP contribution in [0.15, 0.2) is 47.1 Å². The molecule has 1 aliphatic rings. The third kappa shape index (κ3) is 3.70. The van der Waals surface area contributed by atoms with Gasteiger partial charge in [-0.15, -0.1) is 0 Å². The van der Waals surface area contributed by atoms with Gasteiger partial charge in [0.05, 0.1) is 11.0 Å². The molecule has 0 spiro atoms. The summed E-state index contributed by atoms with van der Waals surface area (Å²) in [5.41, 5.74) is 1.92. The molecule has 9 heteroatoms. The van der Waals surface area contributed by atoms with Crippen LogP contribution in [-0.2, 0) is 6.54 Å². The smallest absolute Gasteiger partial charge is 0.269 e. The van der Waals surface area contributed by atoms with E-state index in [1.54, 1.807) is 18.3 Å². The molecule has 0 aliphatic carbocycles. The Kier molecular flexibility index (Phi) is 4.98. The largest absolute Gasteiger partial charge is 0.373 e.